The summed E-state index contributed by atoms with van der Waals surface area (Å²) >= 11 is 0.870. The average Bonchev–Trinajstić information content (AvgIpc) is 2.76. The van der Waals surface area contributed by atoms with Crippen molar-refractivity contribution in [2.45, 2.75) is 26.7 Å². The van der Waals surface area contributed by atoms with Gasteiger partial charge in [-0.25, -0.2) is 9.10 Å². The Bertz CT molecular complexity index is 582. The van der Waals surface area contributed by atoms with Gasteiger partial charge in [-0.3, -0.25) is 0 Å². The number of hydrogen-bond donors (Lipinski definition) is 1. The lowest BCUT2D eigenvalue weighted by Gasteiger charge is -2.24. The number of hydrogen-bond acceptors (Lipinski definition) is 5. The fourth-order valence-corrected chi connectivity index (χ4v) is 3.85. The van der Waals surface area contributed by atoms with Crippen LogP contribution in [0.5, 0.6) is 0 Å². The number of carbonyl (C=O) groups is 1. The Hall–Kier alpha value is -1.19. The van der Waals surface area contributed by atoms with Crippen molar-refractivity contribution < 1.29 is 18.3 Å². The van der Waals surface area contributed by atoms with Gasteiger partial charge >= 0.3 is 16.2 Å². The van der Waals surface area contributed by atoms with Crippen molar-refractivity contribution in [1.29, 1.82) is 0 Å². The lowest BCUT2D eigenvalue weighted by Crippen LogP contribution is -2.40. The van der Waals surface area contributed by atoms with Crippen molar-refractivity contribution >= 4 is 32.7 Å². The van der Waals surface area contributed by atoms with E-state index in [1.54, 1.807) is 6.92 Å². The molecular formula is C11H19N3O4S2. The molecule has 1 rings (SSSR count). The van der Waals surface area contributed by atoms with Crippen LogP contribution in [-0.4, -0.2) is 48.8 Å². The van der Waals surface area contributed by atoms with E-state index in [-0.39, 0.29) is 10.6 Å². The van der Waals surface area contributed by atoms with Gasteiger partial charge in [0.2, 0.25) is 0 Å². The highest BCUT2D eigenvalue weighted by molar-refractivity contribution is 7.90. The van der Waals surface area contributed by atoms with Crippen LogP contribution in [0.1, 0.15) is 35.8 Å². The maximum absolute atomic E-state index is 12.4. The van der Waals surface area contributed by atoms with E-state index < -0.39 is 16.2 Å². The maximum atomic E-state index is 12.4. The Morgan fingerprint density at radius 3 is 2.50 bits per heavy atom. The molecule has 1 N–H and O–H groups in total. The number of aromatic carboxylic acids is 1. The van der Waals surface area contributed by atoms with Crippen LogP contribution in [0.25, 0.3) is 0 Å². The minimum Gasteiger partial charge on any atom is -0.478 e. The number of rotatable bonds is 7. The van der Waals surface area contributed by atoms with Crippen molar-refractivity contribution in [2.24, 2.45) is 0 Å². The Kier molecular flexibility index (Phi) is 5.49. The third-order valence-corrected chi connectivity index (χ3v) is 5.89. The zero-order chi connectivity index (χ0) is 15.5. The Morgan fingerprint density at radius 2 is 2.00 bits per heavy atom. The zero-order valence-corrected chi connectivity index (χ0v) is 13.6. The van der Waals surface area contributed by atoms with Crippen molar-refractivity contribution in [3.63, 3.8) is 0 Å². The van der Waals surface area contributed by atoms with E-state index in [0.29, 0.717) is 12.2 Å². The van der Waals surface area contributed by atoms with Gasteiger partial charge in [-0.05, 0) is 24.9 Å². The van der Waals surface area contributed by atoms with Crippen molar-refractivity contribution in [3.8, 4) is 0 Å². The topological polar surface area (TPSA) is 90.8 Å². The van der Waals surface area contributed by atoms with Crippen LogP contribution in [0.4, 0.5) is 5.00 Å². The molecule has 0 atom stereocenters. The summed E-state index contributed by atoms with van der Waals surface area (Å²) in [7, 11) is -0.907. The van der Waals surface area contributed by atoms with Gasteiger partial charge in [0.25, 0.3) is 0 Å². The molecule has 7 nitrogen and oxygen atoms in total. The molecule has 0 radical (unpaired) electrons. The molecule has 0 unspecified atom stereocenters. The first-order valence-electron chi connectivity index (χ1n) is 6.13. The van der Waals surface area contributed by atoms with Gasteiger partial charge in [-0.2, -0.15) is 17.1 Å². The first kappa shape index (κ1) is 16.9. The molecule has 1 aromatic heterocycles. The predicted octanol–water partition coefficient (Wildman–Crippen LogP) is 1.56. The fraction of sp³-hybridized carbons (Fsp3) is 0.636. The summed E-state index contributed by atoms with van der Waals surface area (Å²) < 4.78 is 30.8. The number of carboxylic acids is 1. The minimum atomic E-state index is -3.73. The summed E-state index contributed by atoms with van der Waals surface area (Å²) in [6.07, 6.45) is 1.63. The number of unbranched alkanes of at least 4 members (excludes halogenated alkanes) is 1. The largest absolute Gasteiger partial charge is 0.478 e. The van der Waals surface area contributed by atoms with Gasteiger partial charge in [-0.15, -0.1) is 0 Å². The highest BCUT2D eigenvalue weighted by atomic mass is 32.2. The number of aromatic nitrogens is 1. The van der Waals surface area contributed by atoms with Gasteiger partial charge < -0.3 is 5.11 Å². The van der Waals surface area contributed by atoms with Gasteiger partial charge in [-0.1, -0.05) is 13.3 Å². The first-order valence-corrected chi connectivity index (χ1v) is 8.30. The number of nitrogens with zero attached hydrogens (tertiary/aromatic N) is 3. The van der Waals surface area contributed by atoms with E-state index in [0.717, 1.165) is 28.7 Å². The highest BCUT2D eigenvalue weighted by Gasteiger charge is 2.30. The molecule has 0 aliphatic heterocycles. The molecule has 1 heterocycles. The SMILES string of the molecule is CCCCN(C)S(=O)(=O)N(C)c1snc(C)c1C(=O)O. The summed E-state index contributed by atoms with van der Waals surface area (Å²) in [5, 5.41) is 9.29. The third kappa shape index (κ3) is 3.28. The normalized spacial score (nSPS) is 11.8. The van der Waals surface area contributed by atoms with Gasteiger partial charge in [0.1, 0.15) is 10.6 Å². The predicted molar refractivity (Wildman–Crippen MR) is 78.7 cm³/mol. The van der Waals surface area contributed by atoms with Crippen LogP contribution in [0.2, 0.25) is 0 Å². The van der Waals surface area contributed by atoms with Crippen molar-refractivity contribution in [3.05, 3.63) is 11.3 Å². The molecule has 0 saturated heterocycles. The molecule has 9 heteroatoms. The monoisotopic (exact) mass is 321 g/mol. The molecule has 0 saturated carbocycles. The summed E-state index contributed by atoms with van der Waals surface area (Å²) in [5.74, 6) is -1.18. The summed E-state index contributed by atoms with van der Waals surface area (Å²) in [4.78, 5) is 11.2. The number of anilines is 1. The second-order valence-corrected chi connectivity index (χ2v) is 7.22. The molecule has 0 aliphatic carbocycles. The van der Waals surface area contributed by atoms with Crippen LogP contribution < -0.4 is 4.31 Å². The zero-order valence-electron chi connectivity index (χ0n) is 12.0. The smallest absolute Gasteiger partial charge is 0.340 e. The average molecular weight is 321 g/mol. The summed E-state index contributed by atoms with van der Waals surface area (Å²) in [6.45, 7) is 3.91. The van der Waals surface area contributed by atoms with E-state index in [2.05, 4.69) is 4.37 Å². The fourth-order valence-electron chi connectivity index (χ4n) is 1.63. The van der Waals surface area contributed by atoms with Gasteiger partial charge in [0.15, 0.2) is 0 Å². The van der Waals surface area contributed by atoms with Crippen LogP contribution in [0, 0.1) is 6.92 Å². The maximum Gasteiger partial charge on any atom is 0.340 e. The molecule has 0 aromatic carbocycles. The molecule has 114 valence electrons. The lowest BCUT2D eigenvalue weighted by molar-refractivity contribution is 0.0697. The Balaban J connectivity index is 3.11. The Labute approximate surface area is 123 Å². The van der Waals surface area contributed by atoms with Crippen LogP contribution in [0.3, 0.4) is 0 Å². The van der Waals surface area contributed by atoms with E-state index in [9.17, 15) is 13.2 Å². The second-order valence-electron chi connectivity index (χ2n) is 4.40. The third-order valence-electron chi connectivity index (χ3n) is 2.91. The summed E-state index contributed by atoms with van der Waals surface area (Å²) in [6, 6.07) is 0. The van der Waals surface area contributed by atoms with Crippen molar-refractivity contribution in [2.75, 3.05) is 24.9 Å². The standard InChI is InChI=1S/C11H19N3O4S2/c1-5-6-7-13(3)20(17,18)14(4)10-9(11(15)16)8(2)12-19-10/h5-7H2,1-4H3,(H,15,16). The molecule has 0 spiro atoms. The number of carboxylic acid groups (broad SMARTS) is 1. The molecule has 0 aliphatic rings. The quantitative estimate of drug-likeness (QED) is 0.823. The first-order chi connectivity index (χ1) is 9.23. The van der Waals surface area contributed by atoms with Gasteiger partial charge in [0.05, 0.1) is 5.69 Å². The molecule has 0 amide bonds. The van der Waals surface area contributed by atoms with Gasteiger partial charge in [0, 0.05) is 20.6 Å². The molecule has 1 aromatic rings. The van der Waals surface area contributed by atoms with E-state index in [1.807, 2.05) is 6.92 Å². The number of aryl methyl sites for hydroxylation is 1. The summed E-state index contributed by atoms with van der Waals surface area (Å²) in [5.41, 5.74) is 0.251. The molecule has 0 fully saturated rings. The van der Waals surface area contributed by atoms with Crippen LogP contribution in [0.15, 0.2) is 0 Å². The van der Waals surface area contributed by atoms with E-state index in [4.69, 9.17) is 5.11 Å². The second kappa shape index (κ2) is 6.51. The lowest BCUT2D eigenvalue weighted by atomic mass is 10.2. The van der Waals surface area contributed by atoms with Crippen LogP contribution in [-0.2, 0) is 10.2 Å². The van der Waals surface area contributed by atoms with E-state index >= 15 is 0 Å². The minimum absolute atomic E-state index is 0.0648. The van der Waals surface area contributed by atoms with Crippen molar-refractivity contribution in [1.82, 2.24) is 8.68 Å². The highest BCUT2D eigenvalue weighted by Crippen LogP contribution is 2.30. The van der Waals surface area contributed by atoms with E-state index in [1.165, 1.54) is 18.4 Å². The van der Waals surface area contributed by atoms with Crippen LogP contribution >= 0.6 is 11.5 Å². The molecule has 20 heavy (non-hydrogen) atoms. The Morgan fingerprint density at radius 1 is 1.40 bits per heavy atom. The molecule has 0 bridgehead atoms. The molecular weight excluding hydrogens is 302 g/mol.